The summed E-state index contributed by atoms with van der Waals surface area (Å²) in [6, 6.07) is 25.3. The largest absolute Gasteiger partial charge is 0.227 e. The van der Waals surface area contributed by atoms with Crippen LogP contribution in [-0.2, 0) is 0 Å². The zero-order valence-corrected chi connectivity index (χ0v) is 22.1. The van der Waals surface area contributed by atoms with Gasteiger partial charge in [0.1, 0.15) is 0 Å². The summed E-state index contributed by atoms with van der Waals surface area (Å²) in [6.07, 6.45) is 6.03. The standard InChI is InChI=1S/C35H20N6/c1-3-11-19-18(4-2)28-26-27-30-20-12-5-6-13-21(20)31(27)39-35-25-17-10-9-16-24(25)33(37-29(19)26)41(35)40-32(36-28)22-14-7-8-15-23(22)34(40)38-30/h3-17H,1H2,2H3/b18-4+,19-11+,27-26?,36-28?,36-32?,37-29?,37-33?,38-30?,38-34?,39-31?,39-35?. The van der Waals surface area contributed by atoms with Crippen LogP contribution in [0.25, 0.3) is 88.6 Å². The van der Waals surface area contributed by atoms with Crippen LogP contribution in [0.5, 0.6) is 0 Å². The zero-order valence-electron chi connectivity index (χ0n) is 22.1. The maximum atomic E-state index is 5.55. The van der Waals surface area contributed by atoms with Crippen molar-refractivity contribution in [3.63, 3.8) is 0 Å². The topological polar surface area (TPSA) is 60.4 Å². The lowest BCUT2D eigenvalue weighted by Gasteiger charge is -2.06. The Bertz CT molecular complexity index is 2570. The molecule has 11 rings (SSSR count). The zero-order chi connectivity index (χ0) is 27.0. The van der Waals surface area contributed by atoms with Crippen LogP contribution in [0.2, 0.25) is 0 Å². The molecule has 0 atom stereocenters. The third-order valence-electron chi connectivity index (χ3n) is 8.70. The van der Waals surface area contributed by atoms with Crippen LogP contribution in [-0.4, -0.2) is 29.0 Å². The van der Waals surface area contributed by atoms with Crippen molar-refractivity contribution in [2.24, 2.45) is 0 Å². The first-order valence-electron chi connectivity index (χ1n) is 13.8. The molecule has 9 aromatic rings. The van der Waals surface area contributed by atoms with Gasteiger partial charge in [0, 0.05) is 54.6 Å². The molecule has 0 amide bonds. The monoisotopic (exact) mass is 524 g/mol. The molecule has 190 valence electrons. The van der Waals surface area contributed by atoms with Crippen LogP contribution in [0, 0.1) is 0 Å². The highest BCUT2D eigenvalue weighted by molar-refractivity contribution is 6.26. The molecule has 3 aromatic carbocycles. The van der Waals surface area contributed by atoms with E-state index >= 15 is 0 Å². The van der Waals surface area contributed by atoms with E-state index < -0.39 is 0 Å². The molecule has 12 bridgehead atoms. The van der Waals surface area contributed by atoms with Crippen molar-refractivity contribution < 1.29 is 0 Å². The molecule has 6 aromatic heterocycles. The molecule has 6 heterocycles. The average molecular weight is 525 g/mol. The first kappa shape index (κ1) is 21.2. The highest BCUT2D eigenvalue weighted by atomic mass is 15.4. The molecule has 0 unspecified atom stereocenters. The molecule has 0 spiro atoms. The van der Waals surface area contributed by atoms with Crippen LogP contribution in [0.1, 0.15) is 18.3 Å². The van der Waals surface area contributed by atoms with Gasteiger partial charge in [-0.15, -0.1) is 0 Å². The van der Waals surface area contributed by atoms with Gasteiger partial charge >= 0.3 is 0 Å². The summed E-state index contributed by atoms with van der Waals surface area (Å²) in [5.74, 6) is 0. The number of rotatable bonds is 1. The Hall–Kier alpha value is -5.62. The van der Waals surface area contributed by atoms with Crippen LogP contribution in [0.4, 0.5) is 0 Å². The minimum absolute atomic E-state index is 0.812. The van der Waals surface area contributed by atoms with Crippen molar-refractivity contribution in [1.29, 1.82) is 0 Å². The second kappa shape index (κ2) is 7.11. The molecule has 0 saturated carbocycles. The van der Waals surface area contributed by atoms with Gasteiger partial charge in [-0.2, -0.15) is 0 Å². The second-order valence-electron chi connectivity index (χ2n) is 10.7. The normalized spacial score (nSPS) is 15.6. The summed E-state index contributed by atoms with van der Waals surface area (Å²) < 4.78 is 4.27. The smallest absolute Gasteiger partial charge is 0.163 e. The third kappa shape index (κ3) is 2.33. The van der Waals surface area contributed by atoms with Crippen LogP contribution >= 0.6 is 0 Å². The Labute approximate surface area is 233 Å². The fourth-order valence-electron chi connectivity index (χ4n) is 7.07. The van der Waals surface area contributed by atoms with E-state index in [-0.39, 0.29) is 0 Å². The molecular weight excluding hydrogens is 504 g/mol. The van der Waals surface area contributed by atoms with Gasteiger partial charge in [0.05, 0.1) is 22.8 Å². The van der Waals surface area contributed by atoms with E-state index in [9.17, 15) is 0 Å². The molecule has 6 heteroatoms. The molecular formula is C35H20N6. The van der Waals surface area contributed by atoms with Gasteiger partial charge in [-0.1, -0.05) is 97.6 Å². The summed E-state index contributed by atoms with van der Waals surface area (Å²) in [6.45, 7) is 6.12. The quantitative estimate of drug-likeness (QED) is 0.218. The predicted octanol–water partition coefficient (Wildman–Crippen LogP) is 8.02. The maximum absolute atomic E-state index is 5.55. The molecule has 0 fully saturated rings. The Morgan fingerprint density at radius 2 is 0.927 bits per heavy atom. The highest BCUT2D eigenvalue weighted by Gasteiger charge is 2.34. The van der Waals surface area contributed by atoms with Crippen molar-refractivity contribution in [2.75, 3.05) is 0 Å². The number of nitrogens with zero attached hydrogens (tertiary/aromatic N) is 6. The number of allylic oxidation sites excluding steroid dienone is 5. The van der Waals surface area contributed by atoms with Gasteiger partial charge in [-0.05, 0) is 6.92 Å². The minimum atomic E-state index is 0.812. The summed E-state index contributed by atoms with van der Waals surface area (Å²) in [5.41, 5.74) is 11.0. The van der Waals surface area contributed by atoms with Gasteiger partial charge in [0.15, 0.2) is 22.6 Å². The SMILES string of the molecule is C=C/C=C1\C(=C/C)c2nc3c4ccccc4c4nc5c6c(nc7c8ccccc8c(nc1c26)n7n34)-c1ccccc1-5. The van der Waals surface area contributed by atoms with Gasteiger partial charge < -0.3 is 0 Å². The van der Waals surface area contributed by atoms with Crippen LogP contribution in [0.15, 0.2) is 97.6 Å². The fraction of sp³-hybridized carbons (Fsp3) is 0.0286. The molecule has 0 saturated heterocycles. The Balaban J connectivity index is 1.74. The minimum Gasteiger partial charge on any atom is -0.227 e. The lowest BCUT2D eigenvalue weighted by Crippen LogP contribution is -2.02. The van der Waals surface area contributed by atoms with Gasteiger partial charge in [0.25, 0.3) is 0 Å². The van der Waals surface area contributed by atoms with E-state index in [0.29, 0.717) is 0 Å². The van der Waals surface area contributed by atoms with Crippen molar-refractivity contribution in [3.8, 4) is 22.5 Å². The number of benzene rings is 3. The van der Waals surface area contributed by atoms with E-state index in [4.69, 9.17) is 19.9 Å². The molecule has 41 heavy (non-hydrogen) atoms. The van der Waals surface area contributed by atoms with E-state index in [1.165, 1.54) is 0 Å². The average Bonchev–Trinajstić information content (AvgIpc) is 3.70. The van der Waals surface area contributed by atoms with Gasteiger partial charge in [-0.3, -0.25) is 0 Å². The third-order valence-corrected chi connectivity index (χ3v) is 8.70. The second-order valence-corrected chi connectivity index (χ2v) is 10.7. The molecule has 0 N–H and O–H groups in total. The van der Waals surface area contributed by atoms with E-state index in [0.717, 1.165) is 100.0 Å². The molecule has 2 aliphatic carbocycles. The molecule has 0 radical (unpaired) electrons. The van der Waals surface area contributed by atoms with Crippen molar-refractivity contribution in [3.05, 3.63) is 109 Å². The van der Waals surface area contributed by atoms with Crippen LogP contribution in [0.3, 0.4) is 0 Å². The molecule has 0 aliphatic heterocycles. The lowest BCUT2D eigenvalue weighted by molar-refractivity contribution is 0.883. The van der Waals surface area contributed by atoms with Crippen molar-refractivity contribution >= 4 is 66.1 Å². The Morgan fingerprint density at radius 3 is 1.37 bits per heavy atom. The van der Waals surface area contributed by atoms with E-state index in [1.807, 2.05) is 6.08 Å². The summed E-state index contributed by atoms with van der Waals surface area (Å²) in [7, 11) is 0. The highest BCUT2D eigenvalue weighted by Crippen LogP contribution is 2.51. The molecule has 2 aliphatic rings. The predicted molar refractivity (Wildman–Crippen MR) is 166 cm³/mol. The summed E-state index contributed by atoms with van der Waals surface area (Å²) >= 11 is 0. The lowest BCUT2D eigenvalue weighted by atomic mass is 10.1. The van der Waals surface area contributed by atoms with E-state index in [1.54, 1.807) is 0 Å². The summed E-state index contributed by atoms with van der Waals surface area (Å²) in [4.78, 5) is 22.2. The maximum Gasteiger partial charge on any atom is 0.163 e. The Kier molecular flexibility index (Phi) is 3.68. The van der Waals surface area contributed by atoms with Gasteiger partial charge in [0.2, 0.25) is 0 Å². The van der Waals surface area contributed by atoms with Crippen molar-refractivity contribution in [2.45, 2.75) is 6.92 Å². The first-order chi connectivity index (χ1) is 20.3. The number of hydrogen-bond donors (Lipinski definition) is 0. The van der Waals surface area contributed by atoms with Crippen LogP contribution < -0.4 is 0 Å². The number of aromatic nitrogens is 6. The van der Waals surface area contributed by atoms with Gasteiger partial charge in [-0.25, -0.2) is 29.0 Å². The van der Waals surface area contributed by atoms with Crippen molar-refractivity contribution in [1.82, 2.24) is 29.0 Å². The number of fused-ring (bicyclic) bond motifs is 3. The first-order valence-corrected chi connectivity index (χ1v) is 13.8. The van der Waals surface area contributed by atoms with E-state index in [2.05, 4.69) is 107 Å². The Morgan fingerprint density at radius 1 is 0.537 bits per heavy atom. The molecule has 6 nitrogen and oxygen atoms in total. The number of hydrogen-bond acceptors (Lipinski definition) is 4. The summed E-state index contributed by atoms with van der Waals surface area (Å²) in [5, 5.41) is 6.09. The fourth-order valence-corrected chi connectivity index (χ4v) is 7.07.